The lowest BCUT2D eigenvalue weighted by molar-refractivity contribution is -0.129. The second kappa shape index (κ2) is 9.84. The molecule has 0 atom stereocenters. The standard InChI is InChI=1S/C20H23ClN2O4S2/c1-2-27-17-6-8-18(9-7-17)28-15-20(24)22-10-12-23(13-11-22)29(25,26)19-5-3-4-16(21)14-19/h3-9,14H,2,10-13,15H2,1H3. The van der Waals surface area contributed by atoms with Crippen molar-refractivity contribution in [1.82, 2.24) is 9.21 Å². The van der Waals surface area contributed by atoms with Crippen LogP contribution in [0.3, 0.4) is 0 Å². The Labute approximate surface area is 180 Å². The largest absolute Gasteiger partial charge is 0.494 e. The summed E-state index contributed by atoms with van der Waals surface area (Å²) in [5.74, 6) is 1.12. The number of ether oxygens (including phenoxy) is 1. The molecule has 9 heteroatoms. The van der Waals surface area contributed by atoms with Crippen molar-refractivity contribution in [2.75, 3.05) is 38.5 Å². The molecule has 0 spiro atoms. The Morgan fingerprint density at radius 3 is 2.41 bits per heavy atom. The molecule has 0 saturated carbocycles. The SMILES string of the molecule is CCOc1ccc(SCC(=O)N2CCN(S(=O)(=O)c3cccc(Cl)c3)CC2)cc1. The van der Waals surface area contributed by atoms with Gasteiger partial charge in [-0.25, -0.2) is 8.42 Å². The van der Waals surface area contributed by atoms with Crippen molar-refractivity contribution in [3.63, 3.8) is 0 Å². The van der Waals surface area contributed by atoms with E-state index in [0.29, 0.717) is 30.5 Å². The Morgan fingerprint density at radius 1 is 1.10 bits per heavy atom. The number of carbonyl (C=O) groups is 1. The lowest BCUT2D eigenvalue weighted by Crippen LogP contribution is -2.50. The Bertz CT molecular complexity index is 943. The van der Waals surface area contributed by atoms with Crippen LogP contribution in [0.15, 0.2) is 58.3 Å². The number of halogens is 1. The summed E-state index contributed by atoms with van der Waals surface area (Å²) in [5.41, 5.74) is 0. The maximum Gasteiger partial charge on any atom is 0.243 e. The smallest absolute Gasteiger partial charge is 0.243 e. The van der Waals surface area contributed by atoms with Gasteiger partial charge in [0.2, 0.25) is 15.9 Å². The van der Waals surface area contributed by atoms with Crippen LogP contribution in [-0.4, -0.2) is 62.1 Å². The quantitative estimate of drug-likeness (QED) is 0.600. The van der Waals surface area contributed by atoms with Gasteiger partial charge in [0.1, 0.15) is 5.75 Å². The first-order chi connectivity index (χ1) is 13.9. The third kappa shape index (κ3) is 5.66. The van der Waals surface area contributed by atoms with Crippen molar-refractivity contribution in [3.8, 4) is 5.75 Å². The van der Waals surface area contributed by atoms with Gasteiger partial charge in [0.15, 0.2) is 0 Å². The van der Waals surface area contributed by atoms with Crippen LogP contribution in [0.1, 0.15) is 6.92 Å². The zero-order chi connectivity index (χ0) is 20.9. The van der Waals surface area contributed by atoms with Crippen LogP contribution in [0.2, 0.25) is 5.02 Å². The van der Waals surface area contributed by atoms with Crippen LogP contribution in [0.25, 0.3) is 0 Å². The molecule has 2 aromatic rings. The number of thioether (sulfide) groups is 1. The second-order valence-electron chi connectivity index (χ2n) is 6.44. The molecule has 1 saturated heterocycles. The Kier molecular flexibility index (Phi) is 7.45. The predicted molar refractivity (Wildman–Crippen MR) is 115 cm³/mol. The third-order valence-corrected chi connectivity index (χ3v) is 7.65. The highest BCUT2D eigenvalue weighted by molar-refractivity contribution is 8.00. The van der Waals surface area contributed by atoms with E-state index in [0.717, 1.165) is 10.6 Å². The van der Waals surface area contributed by atoms with E-state index in [2.05, 4.69) is 0 Å². The summed E-state index contributed by atoms with van der Waals surface area (Å²) in [7, 11) is -3.60. The van der Waals surface area contributed by atoms with Gasteiger partial charge in [0.05, 0.1) is 17.3 Å². The number of nitrogens with zero attached hydrogens (tertiary/aromatic N) is 2. The molecule has 0 N–H and O–H groups in total. The summed E-state index contributed by atoms with van der Waals surface area (Å²) in [5, 5.41) is 0.381. The van der Waals surface area contributed by atoms with Crippen LogP contribution in [0.5, 0.6) is 5.75 Å². The van der Waals surface area contributed by atoms with Crippen LogP contribution >= 0.6 is 23.4 Å². The van der Waals surface area contributed by atoms with Crippen LogP contribution < -0.4 is 4.74 Å². The average Bonchev–Trinajstić information content (AvgIpc) is 2.73. The van der Waals surface area contributed by atoms with Crippen LogP contribution in [0.4, 0.5) is 0 Å². The minimum atomic E-state index is -3.60. The number of amides is 1. The van der Waals surface area contributed by atoms with Gasteiger partial charge >= 0.3 is 0 Å². The molecule has 1 amide bonds. The zero-order valence-electron chi connectivity index (χ0n) is 16.1. The molecule has 3 rings (SSSR count). The van der Waals surface area contributed by atoms with E-state index >= 15 is 0 Å². The van der Waals surface area contributed by atoms with E-state index in [1.165, 1.54) is 28.2 Å². The maximum absolute atomic E-state index is 12.8. The first-order valence-electron chi connectivity index (χ1n) is 9.29. The normalized spacial score (nSPS) is 15.3. The van der Waals surface area contributed by atoms with Crippen molar-refractivity contribution in [2.24, 2.45) is 0 Å². The molecule has 2 aromatic carbocycles. The first-order valence-corrected chi connectivity index (χ1v) is 12.1. The van der Waals surface area contributed by atoms with E-state index < -0.39 is 10.0 Å². The highest BCUT2D eigenvalue weighted by Gasteiger charge is 2.30. The van der Waals surface area contributed by atoms with E-state index in [1.807, 2.05) is 31.2 Å². The van der Waals surface area contributed by atoms with E-state index in [1.54, 1.807) is 17.0 Å². The number of piperazine rings is 1. The minimum Gasteiger partial charge on any atom is -0.494 e. The molecule has 1 fully saturated rings. The summed E-state index contributed by atoms with van der Waals surface area (Å²) in [6, 6.07) is 13.9. The Morgan fingerprint density at radius 2 is 1.79 bits per heavy atom. The van der Waals surface area contributed by atoms with Gasteiger partial charge in [-0.15, -0.1) is 11.8 Å². The molecular weight excluding hydrogens is 432 g/mol. The molecule has 0 unspecified atom stereocenters. The fourth-order valence-electron chi connectivity index (χ4n) is 2.99. The molecule has 0 aliphatic carbocycles. The second-order valence-corrected chi connectivity index (χ2v) is 9.86. The molecule has 1 aliphatic rings. The van der Waals surface area contributed by atoms with Gasteiger partial charge < -0.3 is 9.64 Å². The number of hydrogen-bond donors (Lipinski definition) is 0. The van der Waals surface area contributed by atoms with Gasteiger partial charge in [-0.3, -0.25) is 4.79 Å². The van der Waals surface area contributed by atoms with Crippen molar-refractivity contribution >= 4 is 39.3 Å². The predicted octanol–water partition coefficient (Wildman–Crippen LogP) is 3.36. The van der Waals surface area contributed by atoms with Crippen LogP contribution in [-0.2, 0) is 14.8 Å². The summed E-state index contributed by atoms with van der Waals surface area (Å²) in [4.78, 5) is 15.4. The van der Waals surface area contributed by atoms with E-state index in [9.17, 15) is 13.2 Å². The summed E-state index contributed by atoms with van der Waals surface area (Å²) < 4.78 is 32.3. The Balaban J connectivity index is 1.51. The van der Waals surface area contributed by atoms with E-state index in [-0.39, 0.29) is 23.9 Å². The molecular formula is C20H23ClN2O4S2. The number of hydrogen-bond acceptors (Lipinski definition) is 5. The summed E-state index contributed by atoms with van der Waals surface area (Å²) >= 11 is 7.38. The van der Waals surface area contributed by atoms with Gasteiger partial charge in [-0.1, -0.05) is 17.7 Å². The minimum absolute atomic E-state index is 0.00342. The Hall–Kier alpha value is -1.74. The highest BCUT2D eigenvalue weighted by Crippen LogP contribution is 2.23. The molecule has 1 aliphatic heterocycles. The number of sulfonamides is 1. The maximum atomic E-state index is 12.8. The van der Waals surface area contributed by atoms with Crippen molar-refractivity contribution in [1.29, 1.82) is 0 Å². The zero-order valence-corrected chi connectivity index (χ0v) is 18.5. The van der Waals surface area contributed by atoms with E-state index in [4.69, 9.17) is 16.3 Å². The van der Waals surface area contributed by atoms with Gasteiger partial charge in [-0.05, 0) is 49.4 Å². The molecule has 0 aromatic heterocycles. The molecule has 6 nitrogen and oxygen atoms in total. The molecule has 156 valence electrons. The summed E-state index contributed by atoms with van der Waals surface area (Å²) in [6.45, 7) is 3.85. The third-order valence-electron chi connectivity index (χ3n) is 4.52. The van der Waals surface area contributed by atoms with Crippen molar-refractivity contribution in [2.45, 2.75) is 16.7 Å². The fraction of sp³-hybridized carbons (Fsp3) is 0.350. The van der Waals surface area contributed by atoms with Gasteiger partial charge in [-0.2, -0.15) is 4.31 Å². The monoisotopic (exact) mass is 454 g/mol. The highest BCUT2D eigenvalue weighted by atomic mass is 35.5. The lowest BCUT2D eigenvalue weighted by Gasteiger charge is -2.34. The van der Waals surface area contributed by atoms with Crippen LogP contribution in [0, 0.1) is 0 Å². The fourth-order valence-corrected chi connectivity index (χ4v) is 5.51. The molecule has 0 radical (unpaired) electrons. The number of rotatable bonds is 7. The van der Waals surface area contributed by atoms with Crippen molar-refractivity contribution in [3.05, 3.63) is 53.6 Å². The van der Waals surface area contributed by atoms with Gasteiger partial charge in [0.25, 0.3) is 0 Å². The van der Waals surface area contributed by atoms with Crippen molar-refractivity contribution < 1.29 is 17.9 Å². The molecule has 1 heterocycles. The molecule has 0 bridgehead atoms. The topological polar surface area (TPSA) is 66.9 Å². The van der Waals surface area contributed by atoms with Gasteiger partial charge in [0, 0.05) is 36.1 Å². The number of benzene rings is 2. The molecule has 29 heavy (non-hydrogen) atoms. The summed E-state index contributed by atoms with van der Waals surface area (Å²) in [6.07, 6.45) is 0. The lowest BCUT2D eigenvalue weighted by atomic mass is 10.3. The number of carbonyl (C=O) groups excluding carboxylic acids is 1. The average molecular weight is 455 g/mol. The first kappa shape index (κ1) is 22.0.